The van der Waals surface area contributed by atoms with Crippen molar-refractivity contribution in [1.82, 2.24) is 10.2 Å². The van der Waals surface area contributed by atoms with Gasteiger partial charge in [-0.05, 0) is 19.8 Å². The summed E-state index contributed by atoms with van der Waals surface area (Å²) in [6.45, 7) is 14.6. The van der Waals surface area contributed by atoms with Crippen molar-refractivity contribution in [3.05, 3.63) is 12.3 Å². The van der Waals surface area contributed by atoms with Gasteiger partial charge in [0.15, 0.2) is 5.78 Å². The standard InChI is InChI=1S/C15H26N2O2/c1-11(2)17-9-7-15(8-10-17,16-12(3)18)13(19)14(4,5)6/h1,7-10H2,2-6H3,(H,16,18). The van der Waals surface area contributed by atoms with Gasteiger partial charge >= 0.3 is 0 Å². The lowest BCUT2D eigenvalue weighted by molar-refractivity contribution is -0.139. The summed E-state index contributed by atoms with van der Waals surface area (Å²) < 4.78 is 0. The first-order valence-electron chi connectivity index (χ1n) is 6.82. The van der Waals surface area contributed by atoms with Crippen molar-refractivity contribution >= 4 is 11.7 Å². The Balaban J connectivity index is 2.95. The Labute approximate surface area is 116 Å². The Morgan fingerprint density at radius 3 is 1.95 bits per heavy atom. The Hall–Kier alpha value is -1.32. The number of nitrogens with one attached hydrogen (secondary N) is 1. The third-order valence-electron chi connectivity index (χ3n) is 3.69. The van der Waals surface area contributed by atoms with E-state index in [1.165, 1.54) is 6.92 Å². The number of allylic oxidation sites excluding steroid dienone is 1. The SMILES string of the molecule is C=C(C)N1CCC(NC(C)=O)(C(=O)C(C)(C)C)CC1. The third kappa shape index (κ3) is 3.58. The van der Waals surface area contributed by atoms with Crippen LogP contribution in [0.5, 0.6) is 0 Å². The molecule has 4 heteroatoms. The molecule has 0 spiro atoms. The molecular formula is C15H26N2O2. The number of hydrogen-bond acceptors (Lipinski definition) is 3. The Kier molecular flexibility index (Phi) is 4.43. The van der Waals surface area contributed by atoms with Crippen molar-refractivity contribution in [2.24, 2.45) is 5.41 Å². The molecule has 0 unspecified atom stereocenters. The second-order valence-electron chi connectivity index (χ2n) is 6.56. The van der Waals surface area contributed by atoms with Gasteiger partial charge in [-0.1, -0.05) is 27.4 Å². The van der Waals surface area contributed by atoms with Crippen LogP contribution in [0.25, 0.3) is 0 Å². The van der Waals surface area contributed by atoms with Crippen molar-refractivity contribution in [1.29, 1.82) is 0 Å². The lowest BCUT2D eigenvalue weighted by atomic mass is 9.73. The van der Waals surface area contributed by atoms with Crippen molar-refractivity contribution in [2.45, 2.75) is 53.0 Å². The zero-order chi connectivity index (χ0) is 14.8. The quantitative estimate of drug-likeness (QED) is 0.851. The van der Waals surface area contributed by atoms with E-state index in [1.54, 1.807) is 0 Å². The minimum absolute atomic E-state index is 0.122. The van der Waals surface area contributed by atoms with Crippen LogP contribution < -0.4 is 5.32 Å². The molecule has 0 aromatic heterocycles. The van der Waals surface area contributed by atoms with Gasteiger partial charge in [-0.25, -0.2) is 0 Å². The van der Waals surface area contributed by atoms with Crippen LogP contribution in [0.15, 0.2) is 12.3 Å². The summed E-state index contributed by atoms with van der Waals surface area (Å²) in [6, 6.07) is 0. The maximum absolute atomic E-state index is 12.7. The van der Waals surface area contributed by atoms with Crippen LogP contribution in [0.2, 0.25) is 0 Å². The van der Waals surface area contributed by atoms with Crippen LogP contribution in [0.3, 0.4) is 0 Å². The largest absolute Gasteiger partial charge is 0.375 e. The second-order valence-corrected chi connectivity index (χ2v) is 6.56. The van der Waals surface area contributed by atoms with Gasteiger partial charge < -0.3 is 10.2 Å². The zero-order valence-corrected chi connectivity index (χ0v) is 12.8. The predicted octanol–water partition coefficient (Wildman–Crippen LogP) is 2.11. The molecule has 1 aliphatic rings. The molecule has 0 aromatic rings. The van der Waals surface area contributed by atoms with Gasteiger partial charge in [0.05, 0.1) is 0 Å². The molecule has 0 aromatic carbocycles. The summed E-state index contributed by atoms with van der Waals surface area (Å²) >= 11 is 0. The normalized spacial score (nSPS) is 18.9. The number of rotatable bonds is 3. The van der Waals surface area contributed by atoms with Gasteiger partial charge in [0.2, 0.25) is 5.91 Å². The maximum Gasteiger partial charge on any atom is 0.217 e. The summed E-state index contributed by atoms with van der Waals surface area (Å²) in [5, 5.41) is 2.92. The second kappa shape index (κ2) is 5.35. The molecular weight excluding hydrogens is 240 g/mol. The summed E-state index contributed by atoms with van der Waals surface area (Å²) in [4.78, 5) is 26.3. The molecule has 0 bridgehead atoms. The van der Waals surface area contributed by atoms with Crippen LogP contribution in [0.4, 0.5) is 0 Å². The molecule has 108 valence electrons. The Morgan fingerprint density at radius 1 is 1.16 bits per heavy atom. The van der Waals surface area contributed by atoms with E-state index in [2.05, 4.69) is 16.8 Å². The molecule has 1 heterocycles. The van der Waals surface area contributed by atoms with Gasteiger partial charge in [-0.15, -0.1) is 0 Å². The van der Waals surface area contributed by atoms with Gasteiger partial charge in [0.25, 0.3) is 0 Å². The molecule has 0 aliphatic carbocycles. The van der Waals surface area contributed by atoms with Crippen LogP contribution in [-0.2, 0) is 9.59 Å². The van der Waals surface area contributed by atoms with Crippen molar-refractivity contribution < 1.29 is 9.59 Å². The summed E-state index contributed by atoms with van der Waals surface area (Å²) in [5.74, 6) is -0.0158. The van der Waals surface area contributed by atoms with Crippen LogP contribution >= 0.6 is 0 Å². The number of amides is 1. The highest BCUT2D eigenvalue weighted by atomic mass is 16.2. The lowest BCUT2D eigenvalue weighted by Gasteiger charge is -2.44. The van der Waals surface area contributed by atoms with Gasteiger partial charge in [-0.2, -0.15) is 0 Å². The van der Waals surface area contributed by atoms with E-state index in [4.69, 9.17) is 0 Å². The zero-order valence-electron chi connectivity index (χ0n) is 12.8. The summed E-state index contributed by atoms with van der Waals surface area (Å²) in [5.41, 5.74) is -0.149. The fourth-order valence-corrected chi connectivity index (χ4v) is 2.73. The van der Waals surface area contributed by atoms with Crippen LogP contribution in [0, 0.1) is 5.41 Å². The molecule has 4 nitrogen and oxygen atoms in total. The fraction of sp³-hybridized carbons (Fsp3) is 0.733. The highest BCUT2D eigenvalue weighted by Gasteiger charge is 2.46. The van der Waals surface area contributed by atoms with E-state index >= 15 is 0 Å². The maximum atomic E-state index is 12.7. The fourth-order valence-electron chi connectivity index (χ4n) is 2.73. The third-order valence-corrected chi connectivity index (χ3v) is 3.69. The molecule has 1 rings (SSSR count). The van der Waals surface area contributed by atoms with E-state index in [0.29, 0.717) is 12.8 Å². The van der Waals surface area contributed by atoms with Gasteiger partial charge in [0.1, 0.15) is 5.54 Å². The van der Waals surface area contributed by atoms with E-state index in [1.807, 2.05) is 27.7 Å². The first-order chi connectivity index (χ1) is 8.58. The molecule has 0 radical (unpaired) electrons. The number of ketones is 1. The lowest BCUT2D eigenvalue weighted by Crippen LogP contribution is -2.62. The predicted molar refractivity (Wildman–Crippen MR) is 76.6 cm³/mol. The summed E-state index contributed by atoms with van der Waals surface area (Å²) in [6.07, 6.45) is 1.30. The van der Waals surface area contributed by atoms with Gasteiger partial charge in [0, 0.05) is 31.1 Å². The average Bonchev–Trinajstić information content (AvgIpc) is 2.26. The highest BCUT2D eigenvalue weighted by Crippen LogP contribution is 2.32. The van der Waals surface area contributed by atoms with Crippen LogP contribution in [0.1, 0.15) is 47.5 Å². The number of carbonyl (C=O) groups is 2. The molecule has 0 saturated carbocycles. The van der Waals surface area contributed by atoms with E-state index in [0.717, 1.165) is 18.8 Å². The Bertz CT molecular complexity index is 385. The topological polar surface area (TPSA) is 49.4 Å². The van der Waals surface area contributed by atoms with E-state index in [-0.39, 0.29) is 11.7 Å². The molecule has 1 N–H and O–H groups in total. The number of hydrogen-bond donors (Lipinski definition) is 1. The first-order valence-corrected chi connectivity index (χ1v) is 6.82. The average molecular weight is 266 g/mol. The molecule has 19 heavy (non-hydrogen) atoms. The van der Waals surface area contributed by atoms with E-state index < -0.39 is 11.0 Å². The smallest absolute Gasteiger partial charge is 0.217 e. The minimum atomic E-state index is -0.712. The number of nitrogens with zero attached hydrogens (tertiary/aromatic N) is 1. The number of piperidine rings is 1. The highest BCUT2D eigenvalue weighted by molar-refractivity contribution is 5.96. The number of Topliss-reactive ketones (excluding diaryl/α,β-unsaturated/α-hetero) is 1. The molecule has 1 amide bonds. The first kappa shape index (κ1) is 15.7. The van der Waals surface area contributed by atoms with Gasteiger partial charge in [-0.3, -0.25) is 9.59 Å². The van der Waals surface area contributed by atoms with Crippen molar-refractivity contribution in [2.75, 3.05) is 13.1 Å². The minimum Gasteiger partial charge on any atom is -0.375 e. The monoisotopic (exact) mass is 266 g/mol. The summed E-state index contributed by atoms with van der Waals surface area (Å²) in [7, 11) is 0. The number of likely N-dealkylation sites (tertiary alicyclic amines) is 1. The number of carbonyl (C=O) groups excluding carboxylic acids is 2. The molecule has 1 aliphatic heterocycles. The van der Waals surface area contributed by atoms with Crippen LogP contribution in [-0.4, -0.2) is 35.2 Å². The van der Waals surface area contributed by atoms with Crippen molar-refractivity contribution in [3.8, 4) is 0 Å². The molecule has 0 atom stereocenters. The molecule has 1 fully saturated rings. The molecule has 1 saturated heterocycles. The van der Waals surface area contributed by atoms with E-state index in [9.17, 15) is 9.59 Å². The Morgan fingerprint density at radius 2 is 1.63 bits per heavy atom. The van der Waals surface area contributed by atoms with Crippen molar-refractivity contribution in [3.63, 3.8) is 0 Å².